The third-order valence-corrected chi connectivity index (χ3v) is 4.39. The molecule has 1 aliphatic rings. The maximum Gasteiger partial charge on any atom is 0.272 e. The van der Waals surface area contributed by atoms with Gasteiger partial charge in [-0.15, -0.1) is 0 Å². The highest BCUT2D eigenvalue weighted by Crippen LogP contribution is 2.27. The number of thioether (sulfide) groups is 1. The van der Waals surface area contributed by atoms with Crippen LogP contribution in [0.15, 0.2) is 38.7 Å². The third kappa shape index (κ3) is 2.09. The van der Waals surface area contributed by atoms with Gasteiger partial charge in [0, 0.05) is 22.3 Å². The van der Waals surface area contributed by atoms with Gasteiger partial charge in [-0.25, -0.2) is 4.98 Å². The van der Waals surface area contributed by atoms with Crippen LogP contribution >= 0.6 is 27.7 Å². The van der Waals surface area contributed by atoms with Gasteiger partial charge in [0.25, 0.3) is 5.56 Å². The van der Waals surface area contributed by atoms with Crippen LogP contribution in [0, 0.1) is 11.3 Å². The lowest BCUT2D eigenvalue weighted by Gasteiger charge is -2.07. The quantitative estimate of drug-likeness (QED) is 0.753. The van der Waals surface area contributed by atoms with Crippen molar-refractivity contribution in [1.29, 1.82) is 5.26 Å². The largest absolute Gasteiger partial charge is 0.286 e. The van der Waals surface area contributed by atoms with E-state index in [1.165, 1.54) is 0 Å². The molecule has 0 spiro atoms. The van der Waals surface area contributed by atoms with E-state index in [2.05, 4.69) is 20.9 Å². The highest BCUT2D eigenvalue weighted by molar-refractivity contribution is 9.10. The fourth-order valence-corrected chi connectivity index (χ4v) is 3.19. The summed E-state index contributed by atoms with van der Waals surface area (Å²) in [4.78, 5) is 16.7. The number of halogens is 1. The first kappa shape index (κ1) is 12.5. The fourth-order valence-electron chi connectivity index (χ4n) is 1.99. The number of benzene rings is 1. The molecule has 0 amide bonds. The molecule has 19 heavy (non-hydrogen) atoms. The van der Waals surface area contributed by atoms with Crippen LogP contribution in [0.3, 0.4) is 0 Å². The molecule has 2 aromatic rings. The number of fused-ring (bicyclic) bond motifs is 1. The Hall–Kier alpha value is -1.58. The SMILES string of the molecule is N#Cc1c(-c2ccc(Br)cc2)nc2n(c1=O)CCS2. The molecule has 1 aliphatic heterocycles. The third-order valence-electron chi connectivity index (χ3n) is 2.91. The van der Waals surface area contributed by atoms with Crippen LogP contribution < -0.4 is 5.56 Å². The number of nitriles is 1. The van der Waals surface area contributed by atoms with Crippen LogP contribution in [0.5, 0.6) is 0 Å². The van der Waals surface area contributed by atoms with Gasteiger partial charge in [0.2, 0.25) is 0 Å². The van der Waals surface area contributed by atoms with Crippen LogP contribution in [0.2, 0.25) is 0 Å². The van der Waals surface area contributed by atoms with Gasteiger partial charge in [-0.3, -0.25) is 9.36 Å². The molecular formula is C13H8BrN3OS. The lowest BCUT2D eigenvalue weighted by molar-refractivity contribution is 0.655. The zero-order valence-electron chi connectivity index (χ0n) is 9.76. The summed E-state index contributed by atoms with van der Waals surface area (Å²) < 4.78 is 2.52. The van der Waals surface area contributed by atoms with E-state index in [0.717, 1.165) is 15.8 Å². The van der Waals surface area contributed by atoms with E-state index in [4.69, 9.17) is 0 Å². The Bertz CT molecular complexity index is 746. The average Bonchev–Trinajstić information content (AvgIpc) is 2.88. The maximum atomic E-state index is 12.2. The molecule has 0 aliphatic carbocycles. The number of nitrogens with zero attached hydrogens (tertiary/aromatic N) is 3. The second-order valence-corrected chi connectivity index (χ2v) is 6.02. The van der Waals surface area contributed by atoms with Crippen LogP contribution in [0.25, 0.3) is 11.3 Å². The molecule has 0 saturated carbocycles. The Morgan fingerprint density at radius 3 is 2.79 bits per heavy atom. The van der Waals surface area contributed by atoms with E-state index in [0.29, 0.717) is 17.4 Å². The number of hydrogen-bond acceptors (Lipinski definition) is 4. The van der Waals surface area contributed by atoms with E-state index in [9.17, 15) is 10.1 Å². The van der Waals surface area contributed by atoms with Gasteiger partial charge in [-0.1, -0.05) is 39.8 Å². The van der Waals surface area contributed by atoms with E-state index >= 15 is 0 Å². The summed E-state index contributed by atoms with van der Waals surface area (Å²) >= 11 is 4.91. The fraction of sp³-hybridized carbons (Fsp3) is 0.154. The van der Waals surface area contributed by atoms with Gasteiger partial charge in [-0.2, -0.15) is 5.26 Å². The number of hydrogen-bond donors (Lipinski definition) is 0. The zero-order chi connectivity index (χ0) is 13.4. The normalized spacial score (nSPS) is 13.1. The van der Waals surface area contributed by atoms with Crippen molar-refractivity contribution in [3.8, 4) is 17.3 Å². The van der Waals surface area contributed by atoms with Gasteiger partial charge < -0.3 is 0 Å². The Labute approximate surface area is 122 Å². The molecule has 0 saturated heterocycles. The predicted molar refractivity (Wildman–Crippen MR) is 77.1 cm³/mol. The lowest BCUT2D eigenvalue weighted by atomic mass is 10.1. The van der Waals surface area contributed by atoms with Gasteiger partial charge in [-0.05, 0) is 12.1 Å². The Morgan fingerprint density at radius 2 is 2.11 bits per heavy atom. The van der Waals surface area contributed by atoms with Crippen molar-refractivity contribution in [3.05, 3.63) is 44.7 Å². The molecule has 0 fully saturated rings. The molecule has 0 N–H and O–H groups in total. The lowest BCUT2D eigenvalue weighted by Crippen LogP contribution is -2.24. The van der Waals surface area contributed by atoms with E-state index in [-0.39, 0.29) is 11.1 Å². The molecule has 0 unspecified atom stereocenters. The summed E-state index contributed by atoms with van der Waals surface area (Å²) in [6, 6.07) is 9.43. The average molecular weight is 334 g/mol. The van der Waals surface area contributed by atoms with Crippen molar-refractivity contribution in [1.82, 2.24) is 9.55 Å². The molecule has 4 nitrogen and oxygen atoms in total. The van der Waals surface area contributed by atoms with Crippen molar-refractivity contribution in [2.45, 2.75) is 11.7 Å². The first-order valence-corrected chi connectivity index (χ1v) is 7.42. The van der Waals surface area contributed by atoms with Gasteiger partial charge in [0.05, 0.1) is 5.69 Å². The van der Waals surface area contributed by atoms with Crippen molar-refractivity contribution >= 4 is 27.7 Å². The first-order chi connectivity index (χ1) is 9.20. The molecule has 0 bridgehead atoms. The van der Waals surface area contributed by atoms with Crippen molar-refractivity contribution in [3.63, 3.8) is 0 Å². The minimum atomic E-state index is -0.240. The predicted octanol–water partition coefficient (Wildman–Crippen LogP) is 2.65. The van der Waals surface area contributed by atoms with Crippen molar-refractivity contribution in [2.24, 2.45) is 0 Å². The van der Waals surface area contributed by atoms with Crippen LogP contribution in [0.4, 0.5) is 0 Å². The minimum Gasteiger partial charge on any atom is -0.286 e. The molecule has 94 valence electrons. The Kier molecular flexibility index (Phi) is 3.17. The van der Waals surface area contributed by atoms with Crippen LogP contribution in [0.1, 0.15) is 5.56 Å². The van der Waals surface area contributed by atoms with Crippen LogP contribution in [-0.2, 0) is 6.54 Å². The topological polar surface area (TPSA) is 58.7 Å². The monoisotopic (exact) mass is 333 g/mol. The molecule has 2 heterocycles. The molecule has 0 radical (unpaired) electrons. The molecule has 1 aromatic carbocycles. The number of rotatable bonds is 1. The van der Waals surface area contributed by atoms with E-state index < -0.39 is 0 Å². The first-order valence-electron chi connectivity index (χ1n) is 5.64. The summed E-state index contributed by atoms with van der Waals surface area (Å²) in [5.41, 5.74) is 1.14. The van der Waals surface area contributed by atoms with Crippen LogP contribution in [-0.4, -0.2) is 15.3 Å². The highest BCUT2D eigenvalue weighted by atomic mass is 79.9. The molecule has 0 atom stereocenters. The van der Waals surface area contributed by atoms with E-state index in [1.807, 2.05) is 30.3 Å². The Morgan fingerprint density at radius 1 is 1.37 bits per heavy atom. The van der Waals surface area contributed by atoms with Gasteiger partial charge in [0.15, 0.2) is 5.16 Å². The summed E-state index contributed by atoms with van der Waals surface area (Å²) in [6.07, 6.45) is 0. The minimum absolute atomic E-state index is 0.119. The molecular weight excluding hydrogens is 326 g/mol. The second-order valence-electron chi connectivity index (χ2n) is 4.04. The maximum absolute atomic E-state index is 12.2. The molecule has 6 heteroatoms. The van der Waals surface area contributed by atoms with Gasteiger partial charge in [0.1, 0.15) is 11.6 Å². The van der Waals surface area contributed by atoms with Gasteiger partial charge >= 0.3 is 0 Å². The number of aromatic nitrogens is 2. The van der Waals surface area contributed by atoms with Crippen molar-refractivity contribution in [2.75, 3.05) is 5.75 Å². The van der Waals surface area contributed by atoms with E-state index in [1.54, 1.807) is 16.3 Å². The standard InChI is InChI=1S/C13H8BrN3OS/c14-9-3-1-8(2-4-9)11-10(7-15)12(18)17-5-6-19-13(17)16-11/h1-4H,5-6H2. The van der Waals surface area contributed by atoms with Crippen molar-refractivity contribution < 1.29 is 0 Å². The Balaban J connectivity index is 2.27. The summed E-state index contributed by atoms with van der Waals surface area (Å²) in [5, 5.41) is 9.92. The molecule has 1 aromatic heterocycles. The summed E-state index contributed by atoms with van der Waals surface area (Å²) in [6.45, 7) is 0.626. The smallest absolute Gasteiger partial charge is 0.272 e. The highest BCUT2D eigenvalue weighted by Gasteiger charge is 2.21. The zero-order valence-corrected chi connectivity index (χ0v) is 12.2. The summed E-state index contributed by atoms with van der Waals surface area (Å²) in [7, 11) is 0. The molecule has 3 rings (SSSR count). The second kappa shape index (κ2) is 4.83. The summed E-state index contributed by atoms with van der Waals surface area (Å²) in [5.74, 6) is 0.830.